The lowest BCUT2D eigenvalue weighted by Crippen LogP contribution is -2.06. The van der Waals surface area contributed by atoms with E-state index in [0.29, 0.717) is 24.3 Å². The number of rotatable bonds is 12. The van der Waals surface area contributed by atoms with E-state index in [1.165, 1.54) is 24.3 Å². The molecule has 0 unspecified atom stereocenters. The van der Waals surface area contributed by atoms with Gasteiger partial charge < -0.3 is 27.2 Å². The molecule has 0 aliphatic heterocycles. The van der Waals surface area contributed by atoms with Crippen LogP contribution in [0.25, 0.3) is 0 Å². The lowest BCUT2D eigenvalue weighted by Gasteiger charge is -2.09. The van der Waals surface area contributed by atoms with Crippen LogP contribution in [0.5, 0.6) is 6.01 Å². The number of nitrogen functional groups attached to an aromatic ring is 2. The van der Waals surface area contributed by atoms with Crippen molar-refractivity contribution in [3.8, 4) is 6.01 Å². The number of pyridine rings is 2. The zero-order valence-corrected chi connectivity index (χ0v) is 29.9. The summed E-state index contributed by atoms with van der Waals surface area (Å²) in [6.07, 6.45) is 0. The number of azo groups is 2. The van der Waals surface area contributed by atoms with Crippen LogP contribution in [-0.2, 0) is 40.5 Å². The van der Waals surface area contributed by atoms with Gasteiger partial charge in [0, 0.05) is 0 Å². The molecule has 0 aliphatic carbocycles. The van der Waals surface area contributed by atoms with Gasteiger partial charge in [0.25, 0.3) is 40.5 Å². The van der Waals surface area contributed by atoms with Gasteiger partial charge in [-0.05, 0) is 60.7 Å². The molecular formula is C25H21N13O13S4. The summed E-state index contributed by atoms with van der Waals surface area (Å²) in [5, 5.41) is 30.1. The van der Waals surface area contributed by atoms with Crippen molar-refractivity contribution in [3.05, 3.63) is 60.7 Å². The predicted molar refractivity (Wildman–Crippen MR) is 186 cm³/mol. The first-order valence-corrected chi connectivity index (χ1v) is 19.8. The van der Waals surface area contributed by atoms with Gasteiger partial charge in [0.1, 0.15) is 44.2 Å². The topological polar surface area (TPSA) is 428 Å². The lowest BCUT2D eigenvalue weighted by molar-refractivity contribution is 0.430. The minimum absolute atomic E-state index is 0.0311. The van der Waals surface area contributed by atoms with Crippen LogP contribution in [0.3, 0.4) is 0 Å². The molecule has 26 nitrogen and oxygen atoms in total. The number of benzene rings is 2. The molecule has 0 atom stereocenters. The molecule has 5 aromatic rings. The average molecular weight is 840 g/mol. The standard InChI is InChI=1S/C25H21N13O13S4/c26-21-13(35-37-15-9-11(52(40,41)42)1-5-17(15)54(46,47)48)3-7-19(28-21)30-23-32-24(34-25(39)33-23)31-20-8-4-14(22(27)29-20)36-38-16-10-12(53(43,44)45)2-6-18(16)55(49,50)51/h1-10H,(H,40,41,42)(H,43,44,45)(H,46,47,48)(H,49,50,51)(H7,26,27,28,29,30,31,32,33,34,39)/b37-35+,38-36+. The van der Waals surface area contributed by atoms with Crippen LogP contribution in [0.4, 0.5) is 57.9 Å². The first-order valence-electron chi connectivity index (χ1n) is 14.0. The third-order valence-electron chi connectivity index (χ3n) is 6.45. The summed E-state index contributed by atoms with van der Waals surface area (Å²) < 4.78 is 130. The Balaban J connectivity index is 1.34. The normalized spacial score (nSPS) is 12.7. The zero-order valence-electron chi connectivity index (χ0n) is 26.6. The summed E-state index contributed by atoms with van der Waals surface area (Å²) in [5.74, 6) is -1.29. The van der Waals surface area contributed by atoms with Crippen LogP contribution in [0.1, 0.15) is 0 Å². The molecule has 5 rings (SSSR count). The second kappa shape index (κ2) is 14.8. The second-order valence-corrected chi connectivity index (χ2v) is 15.9. The Morgan fingerprint density at radius 3 is 1.16 bits per heavy atom. The van der Waals surface area contributed by atoms with Gasteiger partial charge in [-0.2, -0.15) is 48.6 Å². The number of nitrogens with two attached hydrogens (primary N) is 2. The number of hydrogen-bond acceptors (Lipinski definition) is 22. The summed E-state index contributed by atoms with van der Waals surface area (Å²) in [6, 6.07) is 8.32. The Morgan fingerprint density at radius 1 is 0.473 bits per heavy atom. The summed E-state index contributed by atoms with van der Waals surface area (Å²) in [7, 11) is -19.4. The van der Waals surface area contributed by atoms with E-state index in [2.05, 4.69) is 56.0 Å². The number of hydrogen-bond donors (Lipinski definition) is 9. The maximum atomic E-state index is 11.7. The van der Waals surface area contributed by atoms with Gasteiger partial charge in [-0.1, -0.05) is 0 Å². The van der Waals surface area contributed by atoms with Crippen LogP contribution in [0, 0.1) is 0 Å². The fourth-order valence-electron chi connectivity index (χ4n) is 4.07. The molecule has 0 saturated heterocycles. The van der Waals surface area contributed by atoms with Crippen molar-refractivity contribution in [1.82, 2.24) is 24.9 Å². The van der Waals surface area contributed by atoms with Crippen LogP contribution in [-0.4, -0.2) is 81.9 Å². The van der Waals surface area contributed by atoms with Gasteiger partial charge in [0.05, 0.1) is 9.79 Å². The summed E-state index contributed by atoms with van der Waals surface area (Å²) in [4.78, 5) is 16.4. The van der Waals surface area contributed by atoms with E-state index in [-0.39, 0.29) is 46.5 Å². The van der Waals surface area contributed by atoms with E-state index in [9.17, 15) is 57.0 Å². The molecule has 0 saturated carbocycles. The van der Waals surface area contributed by atoms with E-state index < -0.39 is 77.4 Å². The SMILES string of the molecule is Nc1nc(Nc2nc(O)nc(Nc3ccc(/N=N/c4cc(S(=O)(=O)O)ccc4S(=O)(=O)O)c(N)n3)n2)ccc1/N=N/c1cc(S(=O)(=O)O)ccc1S(=O)(=O)O. The average Bonchev–Trinajstić information content (AvgIpc) is 3.05. The van der Waals surface area contributed by atoms with Crippen molar-refractivity contribution in [2.75, 3.05) is 22.1 Å². The van der Waals surface area contributed by atoms with Gasteiger partial charge in [-0.3, -0.25) is 18.2 Å². The van der Waals surface area contributed by atoms with Gasteiger partial charge in [-0.25, -0.2) is 9.97 Å². The minimum atomic E-state index is -4.90. The number of nitrogens with one attached hydrogen (secondary N) is 2. The molecule has 288 valence electrons. The highest BCUT2D eigenvalue weighted by Gasteiger charge is 2.22. The first kappa shape index (κ1) is 39.8. The fourth-order valence-corrected chi connectivity index (χ4v) is 6.28. The largest absolute Gasteiger partial charge is 0.479 e. The molecule has 0 fully saturated rings. The molecule has 3 heterocycles. The second-order valence-electron chi connectivity index (χ2n) is 10.3. The number of nitrogens with zero attached hydrogens (tertiary/aromatic N) is 9. The highest BCUT2D eigenvalue weighted by Crippen LogP contribution is 2.33. The fraction of sp³-hybridized carbons (Fsp3) is 0. The third kappa shape index (κ3) is 9.97. The molecule has 0 bridgehead atoms. The smallest absolute Gasteiger partial charge is 0.320 e. The molecule has 0 radical (unpaired) electrons. The highest BCUT2D eigenvalue weighted by molar-refractivity contribution is 7.87. The Kier molecular flexibility index (Phi) is 10.7. The van der Waals surface area contributed by atoms with E-state index in [1.54, 1.807) is 0 Å². The lowest BCUT2D eigenvalue weighted by atomic mass is 10.3. The monoisotopic (exact) mass is 839 g/mol. The molecule has 0 amide bonds. The Hall–Kier alpha value is -6.41. The summed E-state index contributed by atoms with van der Waals surface area (Å²) in [6.45, 7) is 0. The quantitative estimate of drug-likeness (QED) is 0.0644. The van der Waals surface area contributed by atoms with Gasteiger partial charge in [0.15, 0.2) is 11.6 Å². The molecule has 55 heavy (non-hydrogen) atoms. The minimum Gasteiger partial charge on any atom is -0.479 e. The van der Waals surface area contributed by atoms with E-state index in [0.717, 1.165) is 12.1 Å². The van der Waals surface area contributed by atoms with E-state index in [4.69, 9.17) is 11.5 Å². The first-order chi connectivity index (χ1) is 25.5. The summed E-state index contributed by atoms with van der Waals surface area (Å²) >= 11 is 0. The Labute approximate surface area is 308 Å². The molecule has 30 heteroatoms. The van der Waals surface area contributed by atoms with Crippen LogP contribution in [0.15, 0.2) is 101 Å². The predicted octanol–water partition coefficient (Wildman–Crippen LogP) is 2.84. The Bertz CT molecular complexity index is 2690. The van der Waals surface area contributed by atoms with Gasteiger partial charge in [0.2, 0.25) is 11.9 Å². The number of aromatic nitrogens is 5. The molecule has 3 aromatic heterocycles. The molecule has 2 aromatic carbocycles. The van der Waals surface area contributed by atoms with E-state index >= 15 is 0 Å². The number of anilines is 6. The number of aromatic hydroxyl groups is 1. The molecule has 11 N–H and O–H groups in total. The highest BCUT2D eigenvalue weighted by atomic mass is 32.2. The van der Waals surface area contributed by atoms with Crippen molar-refractivity contribution in [2.45, 2.75) is 19.6 Å². The molecule has 0 aliphatic rings. The van der Waals surface area contributed by atoms with Crippen LogP contribution >= 0.6 is 0 Å². The molecule has 0 spiro atoms. The van der Waals surface area contributed by atoms with Crippen molar-refractivity contribution < 1.29 is 57.0 Å². The van der Waals surface area contributed by atoms with Gasteiger partial charge in [-0.15, -0.1) is 20.5 Å². The third-order valence-corrected chi connectivity index (χ3v) is 9.95. The van der Waals surface area contributed by atoms with Crippen LogP contribution < -0.4 is 22.1 Å². The zero-order chi connectivity index (χ0) is 40.5. The maximum absolute atomic E-state index is 11.7. The van der Waals surface area contributed by atoms with Crippen molar-refractivity contribution in [2.24, 2.45) is 20.5 Å². The van der Waals surface area contributed by atoms with Crippen molar-refractivity contribution >= 4 is 98.4 Å². The van der Waals surface area contributed by atoms with Crippen molar-refractivity contribution in [3.63, 3.8) is 0 Å². The van der Waals surface area contributed by atoms with Crippen LogP contribution in [0.2, 0.25) is 0 Å². The Morgan fingerprint density at radius 2 is 0.836 bits per heavy atom. The van der Waals surface area contributed by atoms with Gasteiger partial charge >= 0.3 is 6.01 Å². The van der Waals surface area contributed by atoms with E-state index in [1.807, 2.05) is 0 Å². The van der Waals surface area contributed by atoms with Crippen molar-refractivity contribution in [1.29, 1.82) is 0 Å². The maximum Gasteiger partial charge on any atom is 0.320 e. The molecular weight excluding hydrogens is 819 g/mol. The summed E-state index contributed by atoms with van der Waals surface area (Å²) in [5.41, 5.74) is 10.2.